The Labute approximate surface area is 140 Å². The molecule has 1 aromatic rings. The highest BCUT2D eigenvalue weighted by Gasteiger charge is 2.18. The summed E-state index contributed by atoms with van der Waals surface area (Å²) < 4.78 is 5.55. The minimum Gasteiger partial charge on any atom is -0.491 e. The zero-order valence-corrected chi connectivity index (χ0v) is 14.5. The smallest absolute Gasteiger partial charge is 0.164 e. The number of ether oxygens (including phenoxy) is 1. The molecule has 4 nitrogen and oxygen atoms in total. The van der Waals surface area contributed by atoms with Crippen LogP contribution in [-0.4, -0.2) is 36.9 Å². The van der Waals surface area contributed by atoms with Crippen molar-refractivity contribution < 1.29 is 9.53 Å². The number of benzene rings is 1. The largest absolute Gasteiger partial charge is 0.491 e. The number of ketones is 1. The van der Waals surface area contributed by atoms with Crippen molar-refractivity contribution in [3.63, 3.8) is 0 Å². The van der Waals surface area contributed by atoms with Gasteiger partial charge in [0.15, 0.2) is 5.78 Å². The van der Waals surface area contributed by atoms with E-state index < -0.39 is 0 Å². The third-order valence-corrected chi connectivity index (χ3v) is 4.68. The van der Waals surface area contributed by atoms with E-state index in [9.17, 15) is 4.79 Å². The molecule has 0 heterocycles. The van der Waals surface area contributed by atoms with Gasteiger partial charge in [0.05, 0.1) is 12.3 Å². The average Bonchev–Trinajstić information content (AvgIpc) is 2.59. The van der Waals surface area contributed by atoms with Gasteiger partial charge < -0.3 is 15.4 Å². The summed E-state index contributed by atoms with van der Waals surface area (Å²) in [4.78, 5) is 14.7. The average molecular weight is 318 g/mol. The molecule has 128 valence electrons. The molecule has 1 aliphatic rings. The molecular formula is C19H30N2O2. The Morgan fingerprint density at radius 3 is 2.70 bits per heavy atom. The summed E-state index contributed by atoms with van der Waals surface area (Å²) in [5, 5.41) is 0. The lowest BCUT2D eigenvalue weighted by Crippen LogP contribution is -2.34. The van der Waals surface area contributed by atoms with Crippen LogP contribution in [0, 0.1) is 0 Å². The van der Waals surface area contributed by atoms with Crippen molar-refractivity contribution in [1.29, 1.82) is 0 Å². The first-order chi connectivity index (χ1) is 11.1. The molecule has 0 aliphatic heterocycles. The monoisotopic (exact) mass is 318 g/mol. The second-order valence-corrected chi connectivity index (χ2v) is 6.55. The van der Waals surface area contributed by atoms with Crippen LogP contribution in [0.1, 0.15) is 62.2 Å². The van der Waals surface area contributed by atoms with E-state index in [-0.39, 0.29) is 5.78 Å². The molecular weight excluding hydrogens is 288 g/mol. The Morgan fingerprint density at radius 1 is 1.30 bits per heavy atom. The van der Waals surface area contributed by atoms with Gasteiger partial charge in [0.25, 0.3) is 0 Å². The number of nitrogens with zero attached hydrogens (tertiary/aromatic N) is 1. The van der Waals surface area contributed by atoms with Crippen LogP contribution in [-0.2, 0) is 0 Å². The molecule has 23 heavy (non-hydrogen) atoms. The molecule has 0 atom stereocenters. The van der Waals surface area contributed by atoms with Crippen molar-refractivity contribution in [2.24, 2.45) is 0 Å². The van der Waals surface area contributed by atoms with E-state index in [0.717, 1.165) is 13.0 Å². The van der Waals surface area contributed by atoms with Crippen molar-refractivity contribution in [2.45, 2.75) is 57.9 Å². The van der Waals surface area contributed by atoms with Crippen LogP contribution in [0.25, 0.3) is 0 Å². The fourth-order valence-corrected chi connectivity index (χ4v) is 3.19. The maximum Gasteiger partial charge on any atom is 0.164 e. The Hall–Kier alpha value is -1.55. The number of hydrogen-bond donors (Lipinski definition) is 1. The van der Waals surface area contributed by atoms with Crippen molar-refractivity contribution in [3.8, 4) is 5.75 Å². The molecule has 0 amide bonds. The number of rotatable bonds is 8. The number of hydrogen-bond acceptors (Lipinski definition) is 4. The fraction of sp³-hybridized carbons (Fsp3) is 0.632. The van der Waals surface area contributed by atoms with Crippen molar-refractivity contribution >= 4 is 11.5 Å². The molecule has 1 aromatic carbocycles. The highest BCUT2D eigenvalue weighted by atomic mass is 16.5. The van der Waals surface area contributed by atoms with Gasteiger partial charge in [0.2, 0.25) is 0 Å². The molecule has 1 fully saturated rings. The second kappa shape index (κ2) is 8.92. The van der Waals surface area contributed by atoms with Gasteiger partial charge in [-0.25, -0.2) is 0 Å². The van der Waals surface area contributed by atoms with Gasteiger partial charge in [-0.05, 0) is 44.5 Å². The predicted octanol–water partition coefficient (Wildman–Crippen LogP) is 3.89. The van der Waals surface area contributed by atoms with Gasteiger partial charge in [-0.2, -0.15) is 0 Å². The third kappa shape index (κ3) is 5.24. The summed E-state index contributed by atoms with van der Waals surface area (Å²) in [6.45, 7) is 3.51. The van der Waals surface area contributed by atoms with E-state index >= 15 is 0 Å². The maximum atomic E-state index is 12.4. The lowest BCUT2D eigenvalue weighted by Gasteiger charge is -2.30. The molecule has 0 saturated heterocycles. The number of nitrogens with two attached hydrogens (primary N) is 1. The Morgan fingerprint density at radius 2 is 2.04 bits per heavy atom. The topological polar surface area (TPSA) is 55.6 Å². The zero-order chi connectivity index (χ0) is 16.7. The summed E-state index contributed by atoms with van der Waals surface area (Å²) in [7, 11) is 2.14. The minimum absolute atomic E-state index is 0.154. The van der Waals surface area contributed by atoms with Crippen LogP contribution in [0.5, 0.6) is 5.75 Å². The van der Waals surface area contributed by atoms with Gasteiger partial charge in [-0.15, -0.1) is 0 Å². The van der Waals surface area contributed by atoms with Crippen LogP contribution in [0.3, 0.4) is 0 Å². The van der Waals surface area contributed by atoms with Gasteiger partial charge in [0.1, 0.15) is 5.75 Å². The van der Waals surface area contributed by atoms with Crippen LogP contribution < -0.4 is 10.5 Å². The lowest BCUT2D eigenvalue weighted by atomic mass is 9.94. The van der Waals surface area contributed by atoms with E-state index in [0.29, 0.717) is 36.1 Å². The molecule has 0 bridgehead atoms. The summed E-state index contributed by atoms with van der Waals surface area (Å²) in [6, 6.07) is 6.02. The van der Waals surface area contributed by atoms with Crippen LogP contribution in [0.15, 0.2) is 18.2 Å². The quantitative estimate of drug-likeness (QED) is 0.583. The predicted molar refractivity (Wildman–Crippen MR) is 95.1 cm³/mol. The molecule has 0 spiro atoms. The first-order valence-corrected chi connectivity index (χ1v) is 8.87. The van der Waals surface area contributed by atoms with Crippen molar-refractivity contribution in [3.05, 3.63) is 23.8 Å². The van der Waals surface area contributed by atoms with Gasteiger partial charge in [-0.1, -0.05) is 26.2 Å². The first-order valence-electron chi connectivity index (χ1n) is 8.87. The van der Waals surface area contributed by atoms with Crippen LogP contribution in [0.4, 0.5) is 5.69 Å². The van der Waals surface area contributed by atoms with Crippen LogP contribution >= 0.6 is 0 Å². The van der Waals surface area contributed by atoms with Gasteiger partial charge in [-0.3, -0.25) is 4.79 Å². The van der Waals surface area contributed by atoms with Gasteiger partial charge in [0, 0.05) is 24.6 Å². The zero-order valence-electron chi connectivity index (χ0n) is 14.5. The third-order valence-electron chi connectivity index (χ3n) is 4.68. The SMILES string of the molecule is CCCOc1ccc(C(=O)CCN(C)C2CCCCC2)cc1N. The second-order valence-electron chi connectivity index (χ2n) is 6.55. The molecule has 0 radical (unpaired) electrons. The van der Waals surface area contributed by atoms with Crippen LogP contribution in [0.2, 0.25) is 0 Å². The van der Waals surface area contributed by atoms with E-state index in [1.54, 1.807) is 6.07 Å². The van der Waals surface area contributed by atoms with Crippen molar-refractivity contribution in [1.82, 2.24) is 4.90 Å². The summed E-state index contributed by atoms with van der Waals surface area (Å²) in [5.74, 6) is 0.823. The standard InChI is InChI=1S/C19H30N2O2/c1-3-13-23-19-10-9-15(14-17(19)20)18(22)11-12-21(2)16-7-5-4-6-8-16/h9-10,14,16H,3-8,11-13,20H2,1-2H3. The van der Waals surface area contributed by atoms with E-state index in [2.05, 4.69) is 18.9 Å². The summed E-state index contributed by atoms with van der Waals surface area (Å²) >= 11 is 0. The molecule has 0 unspecified atom stereocenters. The number of Topliss-reactive ketones (excluding diaryl/α,β-unsaturated/α-hetero) is 1. The van der Waals surface area contributed by atoms with Crippen molar-refractivity contribution in [2.75, 3.05) is 25.9 Å². The van der Waals surface area contributed by atoms with E-state index in [4.69, 9.17) is 10.5 Å². The van der Waals surface area contributed by atoms with E-state index in [1.807, 2.05) is 12.1 Å². The molecule has 1 saturated carbocycles. The summed E-state index contributed by atoms with van der Waals surface area (Å²) in [5.41, 5.74) is 7.22. The number of carbonyl (C=O) groups excluding carboxylic acids is 1. The van der Waals surface area contributed by atoms with E-state index in [1.165, 1.54) is 32.1 Å². The lowest BCUT2D eigenvalue weighted by molar-refractivity contribution is 0.0952. The number of nitrogen functional groups attached to an aromatic ring is 1. The highest BCUT2D eigenvalue weighted by Crippen LogP contribution is 2.24. The normalized spacial score (nSPS) is 15.8. The Balaban J connectivity index is 1.86. The fourth-order valence-electron chi connectivity index (χ4n) is 3.19. The summed E-state index contributed by atoms with van der Waals surface area (Å²) in [6.07, 6.45) is 8.00. The molecule has 1 aliphatic carbocycles. The first kappa shape index (κ1) is 17.8. The number of carbonyl (C=O) groups is 1. The molecule has 2 rings (SSSR count). The number of anilines is 1. The maximum absolute atomic E-state index is 12.4. The minimum atomic E-state index is 0.154. The van der Waals surface area contributed by atoms with Gasteiger partial charge >= 0.3 is 0 Å². The Bertz CT molecular complexity index is 510. The Kier molecular flexibility index (Phi) is 6.90. The molecule has 4 heteroatoms. The molecule has 0 aromatic heterocycles. The highest BCUT2D eigenvalue weighted by molar-refractivity contribution is 5.97. The molecule has 2 N–H and O–H groups in total.